The summed E-state index contributed by atoms with van der Waals surface area (Å²) in [6, 6.07) is 20.2. The van der Waals surface area contributed by atoms with Gasteiger partial charge in [0.2, 0.25) is 0 Å². The molecule has 130 valence electrons. The molecule has 1 aliphatic carbocycles. The lowest BCUT2D eigenvalue weighted by Crippen LogP contribution is -2.17. The minimum atomic E-state index is -0.832. The summed E-state index contributed by atoms with van der Waals surface area (Å²) in [6.45, 7) is 2.13. The third kappa shape index (κ3) is 2.88. The topological polar surface area (TPSA) is 23.8 Å². The van der Waals surface area contributed by atoms with E-state index in [4.69, 9.17) is 5.26 Å². The van der Waals surface area contributed by atoms with E-state index in [-0.39, 0.29) is 5.92 Å². The number of halogens is 1. The third-order valence-corrected chi connectivity index (χ3v) is 5.65. The highest BCUT2D eigenvalue weighted by Crippen LogP contribution is 2.42. The second-order valence-corrected chi connectivity index (χ2v) is 7.25. The molecule has 0 fully saturated rings. The third-order valence-electron chi connectivity index (χ3n) is 5.65. The lowest BCUT2D eigenvalue weighted by atomic mass is 9.78. The summed E-state index contributed by atoms with van der Waals surface area (Å²) in [4.78, 5) is 0. The SMILES string of the molecule is CCCC1CCc2c(ccc3cc(-c4ccc(C#N)cc4)ccc23)C1F. The first-order valence-electron chi connectivity index (χ1n) is 9.41. The summed E-state index contributed by atoms with van der Waals surface area (Å²) in [5, 5.41) is 11.3. The van der Waals surface area contributed by atoms with Crippen LogP contribution in [-0.4, -0.2) is 0 Å². The zero-order valence-corrected chi connectivity index (χ0v) is 15.0. The molecular formula is C24H22FN. The van der Waals surface area contributed by atoms with E-state index in [2.05, 4.69) is 37.3 Å². The van der Waals surface area contributed by atoms with Crippen LogP contribution in [0.5, 0.6) is 0 Å². The number of benzene rings is 3. The molecule has 0 spiro atoms. The number of nitriles is 1. The van der Waals surface area contributed by atoms with Crippen LogP contribution in [0.3, 0.4) is 0 Å². The average Bonchev–Trinajstić information content (AvgIpc) is 2.69. The summed E-state index contributed by atoms with van der Waals surface area (Å²) in [7, 11) is 0. The molecule has 0 radical (unpaired) electrons. The largest absolute Gasteiger partial charge is 0.242 e. The summed E-state index contributed by atoms with van der Waals surface area (Å²) in [5.74, 6) is 0.169. The van der Waals surface area contributed by atoms with Gasteiger partial charge in [-0.25, -0.2) is 4.39 Å². The van der Waals surface area contributed by atoms with Gasteiger partial charge in [-0.1, -0.05) is 49.7 Å². The molecule has 3 aromatic carbocycles. The van der Waals surface area contributed by atoms with Gasteiger partial charge in [0.1, 0.15) is 6.17 Å². The molecule has 0 saturated heterocycles. The van der Waals surface area contributed by atoms with Crippen molar-refractivity contribution in [2.75, 3.05) is 0 Å². The van der Waals surface area contributed by atoms with E-state index in [1.54, 1.807) is 0 Å². The number of aryl methyl sites for hydroxylation is 1. The Labute approximate surface area is 154 Å². The molecule has 2 heteroatoms. The summed E-state index contributed by atoms with van der Waals surface area (Å²) < 4.78 is 14.9. The van der Waals surface area contributed by atoms with Crippen LogP contribution in [-0.2, 0) is 6.42 Å². The summed E-state index contributed by atoms with van der Waals surface area (Å²) in [6.07, 6.45) is 3.09. The van der Waals surface area contributed by atoms with Gasteiger partial charge in [-0.3, -0.25) is 0 Å². The molecule has 0 aliphatic heterocycles. The van der Waals surface area contributed by atoms with Crippen LogP contribution in [0.2, 0.25) is 0 Å². The maximum atomic E-state index is 14.9. The van der Waals surface area contributed by atoms with Crippen LogP contribution in [0.25, 0.3) is 21.9 Å². The van der Waals surface area contributed by atoms with Crippen LogP contribution in [0.4, 0.5) is 4.39 Å². The monoisotopic (exact) mass is 343 g/mol. The van der Waals surface area contributed by atoms with Crippen molar-refractivity contribution in [3.05, 3.63) is 71.3 Å². The molecule has 3 aromatic rings. The van der Waals surface area contributed by atoms with Gasteiger partial charge in [-0.15, -0.1) is 0 Å². The first-order chi connectivity index (χ1) is 12.7. The van der Waals surface area contributed by atoms with Crippen LogP contribution in [0, 0.1) is 17.2 Å². The predicted molar refractivity (Wildman–Crippen MR) is 105 cm³/mol. The predicted octanol–water partition coefficient (Wildman–Crippen LogP) is 6.75. The van der Waals surface area contributed by atoms with E-state index in [9.17, 15) is 4.39 Å². The Morgan fingerprint density at radius 3 is 2.54 bits per heavy atom. The Kier molecular flexibility index (Phi) is 4.47. The van der Waals surface area contributed by atoms with Crippen LogP contribution < -0.4 is 0 Å². The first-order valence-corrected chi connectivity index (χ1v) is 9.41. The second kappa shape index (κ2) is 6.92. The molecule has 0 aromatic heterocycles. The molecule has 1 nitrogen and oxygen atoms in total. The fourth-order valence-electron chi connectivity index (χ4n) is 4.26. The van der Waals surface area contributed by atoms with E-state index in [0.29, 0.717) is 5.56 Å². The highest BCUT2D eigenvalue weighted by molar-refractivity contribution is 5.91. The minimum absolute atomic E-state index is 0.169. The van der Waals surface area contributed by atoms with Crippen molar-refractivity contribution < 1.29 is 4.39 Å². The molecule has 1 aliphatic rings. The zero-order chi connectivity index (χ0) is 18.1. The van der Waals surface area contributed by atoms with Crippen LogP contribution >= 0.6 is 0 Å². The number of rotatable bonds is 3. The Hall–Kier alpha value is -2.66. The molecule has 0 amide bonds. The number of hydrogen-bond donors (Lipinski definition) is 0. The Morgan fingerprint density at radius 2 is 1.81 bits per heavy atom. The van der Waals surface area contributed by atoms with Crippen molar-refractivity contribution in [3.8, 4) is 17.2 Å². The van der Waals surface area contributed by atoms with Crippen LogP contribution in [0.15, 0.2) is 54.6 Å². The van der Waals surface area contributed by atoms with Crippen LogP contribution in [0.1, 0.15) is 49.0 Å². The van der Waals surface area contributed by atoms with Gasteiger partial charge in [0.15, 0.2) is 0 Å². The summed E-state index contributed by atoms with van der Waals surface area (Å²) in [5.41, 5.74) is 4.97. The lowest BCUT2D eigenvalue weighted by molar-refractivity contribution is 0.195. The molecule has 0 N–H and O–H groups in total. The maximum Gasteiger partial charge on any atom is 0.128 e. The molecule has 0 saturated carbocycles. The van der Waals surface area contributed by atoms with Crippen molar-refractivity contribution in [1.29, 1.82) is 5.26 Å². The van der Waals surface area contributed by atoms with Gasteiger partial charge in [0.05, 0.1) is 11.6 Å². The zero-order valence-electron chi connectivity index (χ0n) is 15.0. The number of fused-ring (bicyclic) bond motifs is 3. The van der Waals surface area contributed by atoms with Gasteiger partial charge < -0.3 is 0 Å². The van der Waals surface area contributed by atoms with E-state index >= 15 is 0 Å². The Morgan fingerprint density at radius 1 is 1.04 bits per heavy atom. The molecule has 0 heterocycles. The van der Waals surface area contributed by atoms with Gasteiger partial charge in [-0.2, -0.15) is 5.26 Å². The quantitative estimate of drug-likeness (QED) is 0.516. The van der Waals surface area contributed by atoms with Gasteiger partial charge in [0, 0.05) is 0 Å². The van der Waals surface area contributed by atoms with Crippen molar-refractivity contribution >= 4 is 10.8 Å². The number of nitrogens with zero attached hydrogens (tertiary/aromatic N) is 1. The lowest BCUT2D eigenvalue weighted by Gasteiger charge is -2.29. The molecule has 4 rings (SSSR count). The average molecular weight is 343 g/mol. The fraction of sp³-hybridized carbons (Fsp3) is 0.292. The molecular weight excluding hydrogens is 321 g/mol. The van der Waals surface area contributed by atoms with Gasteiger partial charge in [0.25, 0.3) is 0 Å². The summed E-state index contributed by atoms with van der Waals surface area (Å²) >= 11 is 0. The molecule has 0 bridgehead atoms. The van der Waals surface area contributed by atoms with E-state index in [0.717, 1.165) is 47.8 Å². The van der Waals surface area contributed by atoms with E-state index < -0.39 is 6.17 Å². The van der Waals surface area contributed by atoms with Crippen molar-refractivity contribution in [1.82, 2.24) is 0 Å². The van der Waals surface area contributed by atoms with Gasteiger partial charge >= 0.3 is 0 Å². The first kappa shape index (κ1) is 16.8. The molecule has 2 unspecified atom stereocenters. The van der Waals surface area contributed by atoms with Crippen molar-refractivity contribution in [3.63, 3.8) is 0 Å². The fourth-order valence-corrected chi connectivity index (χ4v) is 4.26. The minimum Gasteiger partial charge on any atom is -0.242 e. The molecule has 2 atom stereocenters. The standard InChI is InChI=1S/C24H22FN/c1-2-3-18-8-12-22-21-11-9-19(17-6-4-16(15-26)5-7-17)14-20(21)10-13-23(22)24(18)25/h4-7,9-11,13-14,18,24H,2-3,8,12H2,1H3. The number of hydrogen-bond acceptors (Lipinski definition) is 1. The molecule has 26 heavy (non-hydrogen) atoms. The van der Waals surface area contributed by atoms with E-state index in [1.807, 2.05) is 30.3 Å². The smallest absolute Gasteiger partial charge is 0.128 e. The van der Waals surface area contributed by atoms with E-state index in [1.165, 1.54) is 10.9 Å². The van der Waals surface area contributed by atoms with Gasteiger partial charge in [-0.05, 0) is 76.4 Å². The normalized spacial score (nSPS) is 19.1. The highest BCUT2D eigenvalue weighted by atomic mass is 19.1. The van der Waals surface area contributed by atoms with Crippen molar-refractivity contribution in [2.24, 2.45) is 5.92 Å². The number of alkyl halides is 1. The second-order valence-electron chi connectivity index (χ2n) is 7.25. The Bertz CT molecular complexity index is 982. The Balaban J connectivity index is 1.74. The van der Waals surface area contributed by atoms with Crippen molar-refractivity contribution in [2.45, 2.75) is 38.8 Å². The highest BCUT2D eigenvalue weighted by Gasteiger charge is 2.29. The maximum absolute atomic E-state index is 14.9.